The van der Waals surface area contributed by atoms with Crippen LogP contribution in [0.4, 0.5) is 0 Å². The molecule has 1 aliphatic heterocycles. The first kappa shape index (κ1) is 18.7. The van der Waals surface area contributed by atoms with Crippen LogP contribution < -0.4 is 10.6 Å². The molecule has 0 spiro atoms. The fourth-order valence-corrected chi connectivity index (χ4v) is 2.67. The van der Waals surface area contributed by atoms with Gasteiger partial charge in [-0.1, -0.05) is 31.2 Å². The summed E-state index contributed by atoms with van der Waals surface area (Å²) in [7, 11) is 0. The topological polar surface area (TPSA) is 48.9 Å². The van der Waals surface area contributed by atoms with Crippen molar-refractivity contribution in [1.82, 2.24) is 15.5 Å². The molecule has 1 aromatic rings. The molecule has 2 rings (SSSR count). The molecule has 5 heteroatoms. The van der Waals surface area contributed by atoms with E-state index in [9.17, 15) is 0 Å². The maximum atomic E-state index is 5.42. The highest BCUT2D eigenvalue weighted by atomic mass is 16.5. The van der Waals surface area contributed by atoms with Gasteiger partial charge in [0.1, 0.15) is 0 Å². The van der Waals surface area contributed by atoms with Crippen molar-refractivity contribution in [3.63, 3.8) is 0 Å². The summed E-state index contributed by atoms with van der Waals surface area (Å²) in [5, 5.41) is 6.75. The average Bonchev–Trinajstić information content (AvgIpc) is 2.61. The van der Waals surface area contributed by atoms with Gasteiger partial charge in [0.2, 0.25) is 0 Å². The molecule has 0 saturated carbocycles. The van der Waals surface area contributed by atoms with Crippen molar-refractivity contribution in [3.05, 3.63) is 35.4 Å². The standard InChI is InChI=1S/C19H32N4O/c1-4-16(3)22-19(20-5-2)21-14-17-7-6-8-18(13-17)15-23-9-11-24-12-10-23/h6-8,13,16H,4-5,9-12,14-15H2,1-3H3,(H2,20,21,22). The second-order valence-electron chi connectivity index (χ2n) is 6.36. The summed E-state index contributed by atoms with van der Waals surface area (Å²) in [6.45, 7) is 12.7. The Kier molecular flexibility index (Phi) is 8.05. The molecule has 24 heavy (non-hydrogen) atoms. The number of aliphatic imine (C=N–C) groups is 1. The van der Waals surface area contributed by atoms with E-state index in [2.05, 4.69) is 60.6 Å². The van der Waals surface area contributed by atoms with Crippen LogP contribution in [0.3, 0.4) is 0 Å². The second-order valence-corrected chi connectivity index (χ2v) is 6.36. The highest BCUT2D eigenvalue weighted by Gasteiger charge is 2.10. The van der Waals surface area contributed by atoms with Crippen molar-refractivity contribution in [2.45, 2.75) is 46.3 Å². The van der Waals surface area contributed by atoms with Crippen molar-refractivity contribution >= 4 is 5.96 Å². The third kappa shape index (κ3) is 6.49. The molecular weight excluding hydrogens is 300 g/mol. The van der Waals surface area contributed by atoms with Gasteiger partial charge in [-0.2, -0.15) is 0 Å². The van der Waals surface area contributed by atoms with Crippen molar-refractivity contribution in [2.24, 2.45) is 4.99 Å². The van der Waals surface area contributed by atoms with Crippen LogP contribution in [0.25, 0.3) is 0 Å². The summed E-state index contributed by atoms with van der Waals surface area (Å²) in [4.78, 5) is 7.17. The van der Waals surface area contributed by atoms with Gasteiger partial charge in [-0.15, -0.1) is 0 Å². The highest BCUT2D eigenvalue weighted by Crippen LogP contribution is 2.11. The minimum atomic E-state index is 0.426. The molecule has 0 amide bonds. The Morgan fingerprint density at radius 3 is 2.71 bits per heavy atom. The van der Waals surface area contributed by atoms with Gasteiger partial charge in [0.25, 0.3) is 0 Å². The number of guanidine groups is 1. The Morgan fingerprint density at radius 1 is 1.25 bits per heavy atom. The summed E-state index contributed by atoms with van der Waals surface area (Å²) < 4.78 is 5.42. The third-order valence-corrected chi connectivity index (χ3v) is 4.26. The van der Waals surface area contributed by atoms with Crippen molar-refractivity contribution in [1.29, 1.82) is 0 Å². The first-order valence-corrected chi connectivity index (χ1v) is 9.14. The first-order valence-electron chi connectivity index (χ1n) is 9.14. The van der Waals surface area contributed by atoms with Crippen LogP contribution in [0.5, 0.6) is 0 Å². The van der Waals surface area contributed by atoms with Crippen LogP contribution in [0, 0.1) is 0 Å². The maximum absolute atomic E-state index is 5.42. The molecular formula is C19H32N4O. The van der Waals surface area contributed by atoms with E-state index < -0.39 is 0 Å². The molecule has 1 aromatic carbocycles. The van der Waals surface area contributed by atoms with Gasteiger partial charge in [-0.25, -0.2) is 4.99 Å². The van der Waals surface area contributed by atoms with E-state index in [4.69, 9.17) is 9.73 Å². The molecule has 1 saturated heterocycles. The number of morpholine rings is 1. The third-order valence-electron chi connectivity index (χ3n) is 4.26. The number of hydrogen-bond acceptors (Lipinski definition) is 3. The van der Waals surface area contributed by atoms with E-state index in [-0.39, 0.29) is 0 Å². The smallest absolute Gasteiger partial charge is 0.191 e. The van der Waals surface area contributed by atoms with E-state index in [1.165, 1.54) is 11.1 Å². The predicted octanol–water partition coefficient (Wildman–Crippen LogP) is 2.37. The van der Waals surface area contributed by atoms with Crippen molar-refractivity contribution in [3.8, 4) is 0 Å². The summed E-state index contributed by atoms with van der Waals surface area (Å²) in [6, 6.07) is 9.18. The Balaban J connectivity index is 1.95. The SMILES string of the molecule is CCNC(=NCc1cccc(CN2CCOCC2)c1)NC(C)CC. The minimum Gasteiger partial charge on any atom is -0.379 e. The molecule has 1 unspecified atom stereocenters. The lowest BCUT2D eigenvalue weighted by molar-refractivity contribution is 0.0342. The first-order chi connectivity index (χ1) is 11.7. The summed E-state index contributed by atoms with van der Waals surface area (Å²) in [5.41, 5.74) is 2.60. The van der Waals surface area contributed by atoms with Crippen LogP contribution in [-0.2, 0) is 17.8 Å². The van der Waals surface area contributed by atoms with Gasteiger partial charge in [0, 0.05) is 32.2 Å². The molecule has 0 bridgehead atoms. The zero-order valence-electron chi connectivity index (χ0n) is 15.3. The number of nitrogens with one attached hydrogen (secondary N) is 2. The zero-order valence-corrected chi connectivity index (χ0v) is 15.3. The lowest BCUT2D eigenvalue weighted by atomic mass is 10.1. The Bertz CT molecular complexity index is 512. The van der Waals surface area contributed by atoms with E-state index in [0.717, 1.165) is 51.8 Å². The summed E-state index contributed by atoms with van der Waals surface area (Å²) in [5.74, 6) is 0.894. The Morgan fingerprint density at radius 2 is 2.00 bits per heavy atom. The quantitative estimate of drug-likeness (QED) is 0.594. The second kappa shape index (κ2) is 10.3. The fourth-order valence-electron chi connectivity index (χ4n) is 2.67. The minimum absolute atomic E-state index is 0.426. The van der Waals surface area contributed by atoms with Crippen LogP contribution >= 0.6 is 0 Å². The molecule has 1 heterocycles. The van der Waals surface area contributed by atoms with E-state index >= 15 is 0 Å². The van der Waals surface area contributed by atoms with Crippen molar-refractivity contribution < 1.29 is 4.74 Å². The zero-order chi connectivity index (χ0) is 17.2. The van der Waals surface area contributed by atoms with Crippen LogP contribution in [-0.4, -0.2) is 49.7 Å². The summed E-state index contributed by atoms with van der Waals surface area (Å²) in [6.07, 6.45) is 1.08. The van der Waals surface area contributed by atoms with Gasteiger partial charge in [0.15, 0.2) is 5.96 Å². The van der Waals surface area contributed by atoms with Gasteiger partial charge >= 0.3 is 0 Å². The predicted molar refractivity (Wildman–Crippen MR) is 100 cm³/mol. The van der Waals surface area contributed by atoms with E-state index in [1.54, 1.807) is 0 Å². The van der Waals surface area contributed by atoms with Crippen molar-refractivity contribution in [2.75, 3.05) is 32.8 Å². The fraction of sp³-hybridized carbons (Fsp3) is 0.632. The number of rotatable bonds is 7. The highest BCUT2D eigenvalue weighted by molar-refractivity contribution is 5.80. The molecule has 1 atom stereocenters. The number of nitrogens with zero attached hydrogens (tertiary/aromatic N) is 2. The van der Waals surface area contributed by atoms with Gasteiger partial charge < -0.3 is 15.4 Å². The van der Waals surface area contributed by atoms with Gasteiger partial charge in [0.05, 0.1) is 19.8 Å². The number of benzene rings is 1. The molecule has 0 aromatic heterocycles. The number of hydrogen-bond donors (Lipinski definition) is 2. The van der Waals surface area contributed by atoms with Crippen LogP contribution in [0.2, 0.25) is 0 Å². The van der Waals surface area contributed by atoms with Gasteiger partial charge in [-0.3, -0.25) is 4.90 Å². The molecule has 0 aliphatic carbocycles. The molecule has 134 valence electrons. The maximum Gasteiger partial charge on any atom is 0.191 e. The molecule has 5 nitrogen and oxygen atoms in total. The van der Waals surface area contributed by atoms with Gasteiger partial charge in [-0.05, 0) is 31.4 Å². The molecule has 1 fully saturated rings. The average molecular weight is 332 g/mol. The molecule has 1 aliphatic rings. The number of ether oxygens (including phenoxy) is 1. The molecule has 0 radical (unpaired) electrons. The van der Waals surface area contributed by atoms with Crippen LogP contribution in [0.1, 0.15) is 38.3 Å². The lowest BCUT2D eigenvalue weighted by Crippen LogP contribution is -2.41. The Labute approximate surface area is 146 Å². The largest absolute Gasteiger partial charge is 0.379 e. The lowest BCUT2D eigenvalue weighted by Gasteiger charge is -2.26. The summed E-state index contributed by atoms with van der Waals surface area (Å²) >= 11 is 0. The Hall–Kier alpha value is -1.59. The molecule has 2 N–H and O–H groups in total. The van der Waals surface area contributed by atoms with Crippen LogP contribution in [0.15, 0.2) is 29.3 Å². The normalized spacial score (nSPS) is 17.5. The monoisotopic (exact) mass is 332 g/mol. The van der Waals surface area contributed by atoms with E-state index in [1.807, 2.05) is 0 Å². The van der Waals surface area contributed by atoms with E-state index in [0.29, 0.717) is 12.6 Å².